The molecule has 0 atom stereocenters. The Morgan fingerprint density at radius 2 is 1.73 bits per heavy atom. The normalized spacial score (nSPS) is 14.1. The molecule has 2 heterocycles. The molecule has 1 amide bonds. The molecule has 7 heteroatoms. The highest BCUT2D eigenvalue weighted by atomic mass is 35.5. The summed E-state index contributed by atoms with van der Waals surface area (Å²) < 4.78 is 0. The Morgan fingerprint density at radius 3 is 2.47 bits per heavy atom. The van der Waals surface area contributed by atoms with E-state index >= 15 is 0 Å². The molecule has 1 aliphatic rings. The third-order valence-electron chi connectivity index (χ3n) is 4.91. The van der Waals surface area contributed by atoms with Crippen molar-refractivity contribution in [3.63, 3.8) is 0 Å². The molecule has 152 valence electrons. The molecule has 1 saturated heterocycles. The Balaban J connectivity index is 1.58. The average molecular weight is 420 g/mol. The van der Waals surface area contributed by atoms with Gasteiger partial charge in [-0.3, -0.25) is 4.79 Å². The van der Waals surface area contributed by atoms with Crippen LogP contribution < -0.4 is 10.3 Å². The lowest BCUT2D eigenvalue weighted by Crippen LogP contribution is -2.32. The zero-order valence-corrected chi connectivity index (χ0v) is 17.2. The molecule has 6 nitrogen and oxygen atoms in total. The predicted molar refractivity (Wildman–Crippen MR) is 120 cm³/mol. The van der Waals surface area contributed by atoms with Crippen molar-refractivity contribution in [3.8, 4) is 11.3 Å². The number of nitrogens with zero attached hydrogens (tertiary/aromatic N) is 4. The summed E-state index contributed by atoms with van der Waals surface area (Å²) in [6, 6.07) is 18.7. The van der Waals surface area contributed by atoms with Crippen molar-refractivity contribution in [2.75, 3.05) is 18.0 Å². The number of aromatic nitrogens is 2. The Labute approximate surface area is 180 Å². The fraction of sp³-hybridized carbons (Fsp3) is 0.217. The number of anilines is 1. The minimum absolute atomic E-state index is 0.290. The minimum atomic E-state index is -0.377. The van der Waals surface area contributed by atoms with Gasteiger partial charge in [0.15, 0.2) is 0 Å². The predicted octanol–water partition coefficient (Wildman–Crippen LogP) is 4.55. The molecule has 3 aromatic rings. The summed E-state index contributed by atoms with van der Waals surface area (Å²) in [5.74, 6) is 0.209. The number of halogens is 1. The van der Waals surface area contributed by atoms with Crippen LogP contribution in [0.1, 0.15) is 35.3 Å². The zero-order chi connectivity index (χ0) is 20.8. The molecule has 0 saturated carbocycles. The van der Waals surface area contributed by atoms with Crippen LogP contribution in [0.5, 0.6) is 0 Å². The second-order valence-electron chi connectivity index (χ2n) is 7.10. The van der Waals surface area contributed by atoms with Gasteiger partial charge < -0.3 is 4.90 Å². The van der Waals surface area contributed by atoms with Crippen molar-refractivity contribution in [3.05, 3.63) is 76.9 Å². The van der Waals surface area contributed by atoms with E-state index in [0.717, 1.165) is 42.8 Å². The van der Waals surface area contributed by atoms with Crippen molar-refractivity contribution < 1.29 is 4.79 Å². The summed E-state index contributed by atoms with van der Waals surface area (Å²) in [6.07, 6.45) is 4.98. The molecular weight excluding hydrogens is 398 g/mol. The van der Waals surface area contributed by atoms with Gasteiger partial charge in [-0.05, 0) is 43.0 Å². The van der Waals surface area contributed by atoms with E-state index in [2.05, 4.69) is 20.4 Å². The SMILES string of the molecule is O=C(N/N=C/c1ccc(Cl)cc1)c1cc(-c2ccccc2)nc(N2CCCCC2)n1. The molecule has 1 N–H and O–H groups in total. The third kappa shape index (κ3) is 5.02. The number of hydrogen-bond donors (Lipinski definition) is 1. The number of rotatable bonds is 5. The molecule has 0 aliphatic carbocycles. The van der Waals surface area contributed by atoms with E-state index in [1.807, 2.05) is 42.5 Å². The number of piperidine rings is 1. The van der Waals surface area contributed by atoms with Gasteiger partial charge in [0.05, 0.1) is 11.9 Å². The first-order valence-electron chi connectivity index (χ1n) is 9.97. The Morgan fingerprint density at radius 1 is 1.00 bits per heavy atom. The smallest absolute Gasteiger partial charge is 0.290 e. The van der Waals surface area contributed by atoms with E-state index < -0.39 is 0 Å². The first-order valence-corrected chi connectivity index (χ1v) is 10.4. The fourth-order valence-corrected chi connectivity index (χ4v) is 3.44. The van der Waals surface area contributed by atoms with Gasteiger partial charge in [0.1, 0.15) is 5.69 Å². The number of carbonyl (C=O) groups is 1. The van der Waals surface area contributed by atoms with Crippen molar-refractivity contribution in [2.24, 2.45) is 5.10 Å². The van der Waals surface area contributed by atoms with Crippen molar-refractivity contribution in [1.29, 1.82) is 0 Å². The van der Waals surface area contributed by atoms with Gasteiger partial charge in [0.2, 0.25) is 5.95 Å². The maximum Gasteiger partial charge on any atom is 0.290 e. The molecule has 1 fully saturated rings. The van der Waals surface area contributed by atoms with Crippen LogP contribution in [0.15, 0.2) is 65.8 Å². The monoisotopic (exact) mass is 419 g/mol. The number of carbonyl (C=O) groups excluding carboxylic acids is 1. The lowest BCUT2D eigenvalue weighted by molar-refractivity contribution is 0.0950. The topological polar surface area (TPSA) is 70.5 Å². The van der Waals surface area contributed by atoms with E-state index in [0.29, 0.717) is 11.0 Å². The van der Waals surface area contributed by atoms with Crippen LogP contribution in [0.25, 0.3) is 11.3 Å². The second-order valence-corrected chi connectivity index (χ2v) is 7.54. The lowest BCUT2D eigenvalue weighted by Gasteiger charge is -2.27. The number of benzene rings is 2. The molecule has 0 radical (unpaired) electrons. The van der Waals surface area contributed by atoms with Crippen molar-refractivity contribution in [1.82, 2.24) is 15.4 Å². The molecule has 0 bridgehead atoms. The molecule has 1 aliphatic heterocycles. The second kappa shape index (κ2) is 9.50. The number of hydrogen-bond acceptors (Lipinski definition) is 5. The summed E-state index contributed by atoms with van der Waals surface area (Å²) >= 11 is 5.89. The standard InChI is InChI=1S/C23H22ClN5O/c24-19-11-9-17(10-12-19)16-25-28-22(30)21-15-20(18-7-3-1-4-8-18)26-23(27-21)29-13-5-2-6-14-29/h1,3-4,7-12,15-16H,2,5-6,13-14H2,(H,28,30)/b25-16+. The minimum Gasteiger partial charge on any atom is -0.341 e. The van der Waals surface area contributed by atoms with Gasteiger partial charge in [-0.15, -0.1) is 0 Å². The first kappa shape index (κ1) is 20.0. The van der Waals surface area contributed by atoms with Gasteiger partial charge in [0, 0.05) is 23.7 Å². The lowest BCUT2D eigenvalue weighted by atomic mass is 10.1. The van der Waals surface area contributed by atoms with Gasteiger partial charge in [-0.25, -0.2) is 15.4 Å². The molecule has 2 aromatic carbocycles. The number of nitrogens with one attached hydrogen (secondary N) is 1. The van der Waals surface area contributed by atoms with E-state index in [-0.39, 0.29) is 11.6 Å². The molecule has 30 heavy (non-hydrogen) atoms. The summed E-state index contributed by atoms with van der Waals surface area (Å²) in [7, 11) is 0. The van der Waals surface area contributed by atoms with E-state index in [1.165, 1.54) is 6.42 Å². The third-order valence-corrected chi connectivity index (χ3v) is 5.16. The Bertz CT molecular complexity index is 1030. The average Bonchev–Trinajstić information content (AvgIpc) is 2.81. The fourth-order valence-electron chi connectivity index (χ4n) is 3.31. The van der Waals surface area contributed by atoms with Crippen molar-refractivity contribution >= 4 is 29.7 Å². The van der Waals surface area contributed by atoms with Crippen molar-refractivity contribution in [2.45, 2.75) is 19.3 Å². The van der Waals surface area contributed by atoms with Crippen LogP contribution in [0, 0.1) is 0 Å². The zero-order valence-electron chi connectivity index (χ0n) is 16.5. The van der Waals surface area contributed by atoms with Crippen LogP contribution in [-0.4, -0.2) is 35.2 Å². The quantitative estimate of drug-likeness (QED) is 0.486. The summed E-state index contributed by atoms with van der Waals surface area (Å²) in [6.45, 7) is 1.79. The highest BCUT2D eigenvalue weighted by Gasteiger charge is 2.18. The molecule has 4 rings (SSSR count). The van der Waals surface area contributed by atoms with E-state index in [1.54, 1.807) is 24.4 Å². The number of amides is 1. The molecular formula is C23H22ClN5O. The molecule has 1 aromatic heterocycles. The van der Waals surface area contributed by atoms with Crippen LogP contribution >= 0.6 is 11.6 Å². The highest BCUT2D eigenvalue weighted by molar-refractivity contribution is 6.30. The Hall–Kier alpha value is -3.25. The molecule has 0 spiro atoms. The van der Waals surface area contributed by atoms with Gasteiger partial charge >= 0.3 is 0 Å². The van der Waals surface area contributed by atoms with Gasteiger partial charge in [-0.1, -0.05) is 54.1 Å². The highest BCUT2D eigenvalue weighted by Crippen LogP contribution is 2.22. The molecule has 0 unspecified atom stereocenters. The van der Waals surface area contributed by atoms with Gasteiger partial charge in [-0.2, -0.15) is 5.10 Å². The first-order chi connectivity index (χ1) is 14.7. The summed E-state index contributed by atoms with van der Waals surface area (Å²) in [5.41, 5.74) is 5.35. The van der Waals surface area contributed by atoms with E-state index in [9.17, 15) is 4.79 Å². The van der Waals surface area contributed by atoms with Gasteiger partial charge in [0.25, 0.3) is 5.91 Å². The maximum atomic E-state index is 12.8. The van der Waals surface area contributed by atoms with Crippen LogP contribution in [0.3, 0.4) is 0 Å². The largest absolute Gasteiger partial charge is 0.341 e. The maximum absolute atomic E-state index is 12.8. The van der Waals surface area contributed by atoms with E-state index in [4.69, 9.17) is 16.6 Å². The van der Waals surface area contributed by atoms with Crippen LogP contribution in [0.4, 0.5) is 5.95 Å². The van der Waals surface area contributed by atoms with Crippen LogP contribution in [0.2, 0.25) is 5.02 Å². The number of hydrazone groups is 1. The summed E-state index contributed by atoms with van der Waals surface area (Å²) in [4.78, 5) is 24.2. The van der Waals surface area contributed by atoms with Crippen LogP contribution in [-0.2, 0) is 0 Å². The Kier molecular flexibility index (Phi) is 6.35. The summed E-state index contributed by atoms with van der Waals surface area (Å²) in [5, 5.41) is 4.70.